The van der Waals surface area contributed by atoms with Crippen molar-refractivity contribution >= 4 is 0 Å². The summed E-state index contributed by atoms with van der Waals surface area (Å²) in [6, 6.07) is 22.6. The summed E-state index contributed by atoms with van der Waals surface area (Å²) in [6.45, 7) is 4.21. The van der Waals surface area contributed by atoms with Gasteiger partial charge in [-0.05, 0) is 36.4 Å². The quantitative estimate of drug-likeness (QED) is 0.721. The van der Waals surface area contributed by atoms with Gasteiger partial charge < -0.3 is 4.74 Å². The first-order chi connectivity index (χ1) is 11.8. The largest absolute Gasteiger partial charge is 0.383 e. The number of methoxy groups -OCH3 is 1. The van der Waals surface area contributed by atoms with Gasteiger partial charge in [-0.3, -0.25) is 4.90 Å². The number of ether oxygens (including phenoxy) is 1. The van der Waals surface area contributed by atoms with Crippen LogP contribution < -0.4 is 0 Å². The smallest absolute Gasteiger partial charge is 0.0660 e. The van der Waals surface area contributed by atoms with Crippen LogP contribution >= 0.6 is 0 Å². The Kier molecular flexibility index (Phi) is 6.06. The van der Waals surface area contributed by atoms with E-state index in [-0.39, 0.29) is 0 Å². The maximum atomic E-state index is 5.61. The van der Waals surface area contributed by atoms with Crippen molar-refractivity contribution in [2.75, 3.05) is 20.3 Å². The molecular weight excluding hydrogens is 294 g/mol. The van der Waals surface area contributed by atoms with E-state index in [0.717, 1.165) is 19.1 Å². The summed E-state index contributed by atoms with van der Waals surface area (Å²) in [4.78, 5) is 2.67. The fraction of sp³-hybridized carbons (Fsp3) is 0.455. The molecule has 0 radical (unpaired) electrons. The average Bonchev–Trinajstić information content (AvgIpc) is 2.67. The highest BCUT2D eigenvalue weighted by molar-refractivity contribution is 5.24. The third-order valence-corrected chi connectivity index (χ3v) is 5.42. The number of hydrogen-bond acceptors (Lipinski definition) is 2. The second-order valence-corrected chi connectivity index (χ2v) is 6.84. The summed E-state index contributed by atoms with van der Waals surface area (Å²) in [5.74, 6) is 0.824. The predicted octanol–water partition coefficient (Wildman–Crippen LogP) is 5.24. The summed E-state index contributed by atoms with van der Waals surface area (Å²) >= 11 is 0. The van der Waals surface area contributed by atoms with Crippen LogP contribution in [-0.2, 0) is 4.74 Å². The molecule has 2 nitrogen and oxygen atoms in total. The van der Waals surface area contributed by atoms with Crippen LogP contribution in [0.3, 0.4) is 0 Å². The van der Waals surface area contributed by atoms with E-state index in [1.165, 1.54) is 30.4 Å². The number of likely N-dealkylation sites (tertiary alicyclic amines) is 1. The maximum Gasteiger partial charge on any atom is 0.0660 e. The Balaban J connectivity index is 1.92. The van der Waals surface area contributed by atoms with Crippen LogP contribution in [0.25, 0.3) is 0 Å². The highest BCUT2D eigenvalue weighted by Gasteiger charge is 2.33. The number of piperidine rings is 1. The second kappa shape index (κ2) is 8.46. The predicted molar refractivity (Wildman–Crippen MR) is 100.0 cm³/mol. The van der Waals surface area contributed by atoms with Gasteiger partial charge in [0, 0.05) is 13.2 Å². The molecule has 2 aromatic carbocycles. The standard InChI is InChI=1S/C22H29NO/c1-3-18-14-15-23(21(16-18)19-10-6-4-7-11-19)22(17-24-2)20-12-8-5-9-13-20/h4-13,18,21-22H,3,14-17H2,1-2H3/t18-,21-,22+/m1/s1. The summed E-state index contributed by atoms with van der Waals surface area (Å²) in [6.07, 6.45) is 3.80. The van der Waals surface area contributed by atoms with Gasteiger partial charge in [0.1, 0.15) is 0 Å². The maximum absolute atomic E-state index is 5.61. The van der Waals surface area contributed by atoms with Gasteiger partial charge in [0.2, 0.25) is 0 Å². The minimum Gasteiger partial charge on any atom is -0.383 e. The molecular formula is C22H29NO. The van der Waals surface area contributed by atoms with Crippen LogP contribution in [0, 0.1) is 5.92 Å². The van der Waals surface area contributed by atoms with Crippen LogP contribution in [0.15, 0.2) is 60.7 Å². The minimum atomic E-state index is 0.319. The van der Waals surface area contributed by atoms with Gasteiger partial charge >= 0.3 is 0 Å². The Morgan fingerprint density at radius 3 is 2.33 bits per heavy atom. The van der Waals surface area contributed by atoms with Crippen LogP contribution in [-0.4, -0.2) is 25.2 Å². The fourth-order valence-corrected chi connectivity index (χ4v) is 4.02. The summed E-state index contributed by atoms with van der Waals surface area (Å²) in [7, 11) is 1.81. The first-order valence-electron chi connectivity index (χ1n) is 9.18. The van der Waals surface area contributed by atoms with E-state index < -0.39 is 0 Å². The summed E-state index contributed by atoms with van der Waals surface area (Å²) in [5, 5.41) is 0. The van der Waals surface area contributed by atoms with Gasteiger partial charge in [-0.1, -0.05) is 74.0 Å². The van der Waals surface area contributed by atoms with Gasteiger partial charge in [-0.25, -0.2) is 0 Å². The molecule has 2 heteroatoms. The number of benzene rings is 2. The lowest BCUT2D eigenvalue weighted by atomic mass is 9.84. The molecule has 24 heavy (non-hydrogen) atoms. The molecule has 1 fully saturated rings. The van der Waals surface area contributed by atoms with Crippen molar-refractivity contribution in [2.24, 2.45) is 5.92 Å². The van der Waals surface area contributed by atoms with E-state index in [9.17, 15) is 0 Å². The van der Waals surface area contributed by atoms with Gasteiger partial charge in [0.25, 0.3) is 0 Å². The normalized spacial score (nSPS) is 23.1. The number of rotatable bonds is 6. The molecule has 3 rings (SSSR count). The van der Waals surface area contributed by atoms with Crippen LogP contribution in [0.2, 0.25) is 0 Å². The number of hydrogen-bond donors (Lipinski definition) is 0. The van der Waals surface area contributed by atoms with Crippen molar-refractivity contribution in [1.82, 2.24) is 4.90 Å². The molecule has 2 aromatic rings. The van der Waals surface area contributed by atoms with Crippen LogP contribution in [0.4, 0.5) is 0 Å². The van der Waals surface area contributed by atoms with Gasteiger partial charge in [-0.2, -0.15) is 0 Å². The molecule has 0 aromatic heterocycles. The third kappa shape index (κ3) is 3.88. The van der Waals surface area contributed by atoms with E-state index >= 15 is 0 Å². The molecule has 128 valence electrons. The van der Waals surface area contributed by atoms with Crippen molar-refractivity contribution in [3.8, 4) is 0 Å². The average molecular weight is 323 g/mol. The third-order valence-electron chi connectivity index (χ3n) is 5.42. The van der Waals surface area contributed by atoms with Gasteiger partial charge in [0.05, 0.1) is 12.6 Å². The Morgan fingerprint density at radius 2 is 1.71 bits per heavy atom. The zero-order valence-electron chi connectivity index (χ0n) is 14.9. The molecule has 1 saturated heterocycles. The Bertz CT molecular complexity index is 598. The van der Waals surface area contributed by atoms with E-state index in [0.29, 0.717) is 12.1 Å². The van der Waals surface area contributed by atoms with E-state index in [4.69, 9.17) is 4.74 Å². The molecule has 0 unspecified atom stereocenters. The Morgan fingerprint density at radius 1 is 1.04 bits per heavy atom. The summed E-state index contributed by atoms with van der Waals surface area (Å²) < 4.78 is 5.61. The lowest BCUT2D eigenvalue weighted by molar-refractivity contribution is 0.0221. The lowest BCUT2D eigenvalue weighted by Gasteiger charge is -2.44. The Hall–Kier alpha value is -1.64. The van der Waals surface area contributed by atoms with Crippen molar-refractivity contribution in [2.45, 2.75) is 38.3 Å². The SMILES string of the molecule is CC[C@@H]1CCN([C@@H](COC)c2ccccc2)[C@@H](c2ccccc2)C1. The second-order valence-electron chi connectivity index (χ2n) is 6.84. The van der Waals surface area contributed by atoms with E-state index in [1.54, 1.807) is 0 Å². The minimum absolute atomic E-state index is 0.319. The number of nitrogens with zero attached hydrogens (tertiary/aromatic N) is 1. The molecule has 0 N–H and O–H groups in total. The zero-order valence-corrected chi connectivity index (χ0v) is 14.9. The highest BCUT2D eigenvalue weighted by atomic mass is 16.5. The van der Waals surface area contributed by atoms with Gasteiger partial charge in [-0.15, -0.1) is 0 Å². The van der Waals surface area contributed by atoms with Crippen LogP contribution in [0.5, 0.6) is 0 Å². The molecule has 1 aliphatic heterocycles. The lowest BCUT2D eigenvalue weighted by Crippen LogP contribution is -2.41. The van der Waals surface area contributed by atoms with E-state index in [2.05, 4.69) is 72.5 Å². The van der Waals surface area contributed by atoms with Crippen LogP contribution in [0.1, 0.15) is 49.4 Å². The molecule has 1 heterocycles. The summed E-state index contributed by atoms with van der Waals surface area (Å²) in [5.41, 5.74) is 2.79. The first-order valence-corrected chi connectivity index (χ1v) is 9.18. The molecule has 1 aliphatic rings. The molecule has 0 aliphatic carbocycles. The molecule has 3 atom stereocenters. The monoisotopic (exact) mass is 323 g/mol. The fourth-order valence-electron chi connectivity index (χ4n) is 4.02. The van der Waals surface area contributed by atoms with Crippen molar-refractivity contribution < 1.29 is 4.74 Å². The van der Waals surface area contributed by atoms with Crippen molar-refractivity contribution in [3.63, 3.8) is 0 Å². The van der Waals surface area contributed by atoms with Crippen molar-refractivity contribution in [3.05, 3.63) is 71.8 Å². The van der Waals surface area contributed by atoms with Crippen molar-refractivity contribution in [1.29, 1.82) is 0 Å². The zero-order chi connectivity index (χ0) is 16.8. The van der Waals surface area contributed by atoms with Gasteiger partial charge in [0.15, 0.2) is 0 Å². The molecule has 0 spiro atoms. The molecule has 0 bridgehead atoms. The highest BCUT2D eigenvalue weighted by Crippen LogP contribution is 2.40. The Labute approximate surface area is 146 Å². The molecule has 0 saturated carbocycles. The van der Waals surface area contributed by atoms with E-state index in [1.807, 2.05) is 7.11 Å². The first kappa shape index (κ1) is 17.2. The topological polar surface area (TPSA) is 12.5 Å². The molecule has 0 amide bonds.